The van der Waals surface area contributed by atoms with Gasteiger partial charge in [-0.25, -0.2) is 0 Å². The van der Waals surface area contributed by atoms with Crippen molar-refractivity contribution in [3.63, 3.8) is 0 Å². The van der Waals surface area contributed by atoms with Crippen molar-refractivity contribution < 1.29 is 4.74 Å². The van der Waals surface area contributed by atoms with Crippen LogP contribution in [0, 0.1) is 5.92 Å². The normalized spacial score (nSPS) is 14.4. The standard InChI is InChI=1S/C13H22N2O/c1-3-11(2)9-12(15-14)10-16-13-7-5-4-6-8-13/h4-8,11-12,15H,3,9-10,14H2,1-2H3. The Morgan fingerprint density at radius 1 is 1.31 bits per heavy atom. The molecule has 0 aliphatic carbocycles. The van der Waals surface area contributed by atoms with Crippen LogP contribution >= 0.6 is 0 Å². The van der Waals surface area contributed by atoms with Crippen molar-refractivity contribution in [1.29, 1.82) is 0 Å². The molecule has 0 saturated carbocycles. The van der Waals surface area contributed by atoms with E-state index in [4.69, 9.17) is 10.6 Å². The molecule has 1 rings (SSSR count). The summed E-state index contributed by atoms with van der Waals surface area (Å²) >= 11 is 0. The highest BCUT2D eigenvalue weighted by atomic mass is 16.5. The van der Waals surface area contributed by atoms with E-state index in [2.05, 4.69) is 19.3 Å². The lowest BCUT2D eigenvalue weighted by atomic mass is 10.0. The molecule has 1 aromatic carbocycles. The fourth-order valence-corrected chi connectivity index (χ4v) is 1.55. The highest BCUT2D eigenvalue weighted by molar-refractivity contribution is 5.20. The lowest BCUT2D eigenvalue weighted by Crippen LogP contribution is -2.40. The maximum absolute atomic E-state index is 5.66. The number of hydrogen-bond acceptors (Lipinski definition) is 3. The Morgan fingerprint density at radius 2 is 2.00 bits per heavy atom. The third-order valence-corrected chi connectivity index (χ3v) is 2.81. The molecule has 0 spiro atoms. The molecule has 0 saturated heterocycles. The van der Waals surface area contributed by atoms with E-state index in [0.717, 1.165) is 12.2 Å². The Balaban J connectivity index is 2.34. The third-order valence-electron chi connectivity index (χ3n) is 2.81. The summed E-state index contributed by atoms with van der Waals surface area (Å²) in [4.78, 5) is 0. The summed E-state index contributed by atoms with van der Waals surface area (Å²) < 4.78 is 5.66. The van der Waals surface area contributed by atoms with E-state index in [-0.39, 0.29) is 6.04 Å². The second-order valence-corrected chi connectivity index (χ2v) is 4.24. The van der Waals surface area contributed by atoms with Crippen LogP contribution in [-0.4, -0.2) is 12.6 Å². The number of nitrogens with two attached hydrogens (primary N) is 1. The molecule has 3 heteroatoms. The number of rotatable bonds is 7. The average molecular weight is 222 g/mol. The van der Waals surface area contributed by atoms with Gasteiger partial charge in [-0.2, -0.15) is 0 Å². The second kappa shape index (κ2) is 7.25. The highest BCUT2D eigenvalue weighted by Crippen LogP contribution is 2.12. The Morgan fingerprint density at radius 3 is 2.56 bits per heavy atom. The number of ether oxygens (including phenoxy) is 1. The van der Waals surface area contributed by atoms with Gasteiger partial charge in [0.25, 0.3) is 0 Å². The smallest absolute Gasteiger partial charge is 0.119 e. The number of hydrogen-bond donors (Lipinski definition) is 2. The van der Waals surface area contributed by atoms with Crippen LogP contribution in [0.25, 0.3) is 0 Å². The molecule has 2 unspecified atom stereocenters. The van der Waals surface area contributed by atoms with Crippen LogP contribution in [0.5, 0.6) is 5.75 Å². The summed E-state index contributed by atoms with van der Waals surface area (Å²) in [5, 5.41) is 0. The summed E-state index contributed by atoms with van der Waals surface area (Å²) in [6.07, 6.45) is 2.21. The Bertz CT molecular complexity index is 277. The van der Waals surface area contributed by atoms with Gasteiger partial charge < -0.3 is 4.74 Å². The minimum Gasteiger partial charge on any atom is -0.492 e. The van der Waals surface area contributed by atoms with Gasteiger partial charge in [0.15, 0.2) is 0 Å². The zero-order valence-corrected chi connectivity index (χ0v) is 10.1. The van der Waals surface area contributed by atoms with Crippen molar-refractivity contribution in [2.24, 2.45) is 11.8 Å². The predicted molar refractivity (Wildman–Crippen MR) is 67.1 cm³/mol. The molecule has 1 aromatic rings. The maximum atomic E-state index is 5.66. The largest absolute Gasteiger partial charge is 0.492 e. The lowest BCUT2D eigenvalue weighted by molar-refractivity contribution is 0.241. The van der Waals surface area contributed by atoms with Crippen molar-refractivity contribution in [1.82, 2.24) is 5.43 Å². The Labute approximate surface area is 98.0 Å². The fraction of sp³-hybridized carbons (Fsp3) is 0.538. The van der Waals surface area contributed by atoms with Gasteiger partial charge in [-0.05, 0) is 24.5 Å². The molecule has 0 aliphatic heterocycles. The molecular weight excluding hydrogens is 200 g/mol. The summed E-state index contributed by atoms with van der Waals surface area (Å²) in [7, 11) is 0. The molecule has 0 amide bonds. The quantitative estimate of drug-likeness (QED) is 0.550. The summed E-state index contributed by atoms with van der Waals surface area (Å²) in [5.41, 5.74) is 2.81. The van der Waals surface area contributed by atoms with Crippen LogP contribution < -0.4 is 16.0 Å². The lowest BCUT2D eigenvalue weighted by Gasteiger charge is -2.19. The topological polar surface area (TPSA) is 47.3 Å². The zero-order valence-electron chi connectivity index (χ0n) is 10.1. The van der Waals surface area contributed by atoms with Crippen LogP contribution in [-0.2, 0) is 0 Å². The fourth-order valence-electron chi connectivity index (χ4n) is 1.55. The van der Waals surface area contributed by atoms with Crippen LogP contribution in [0.3, 0.4) is 0 Å². The van der Waals surface area contributed by atoms with Gasteiger partial charge in [-0.1, -0.05) is 38.5 Å². The molecule has 0 aliphatic rings. The van der Waals surface area contributed by atoms with E-state index >= 15 is 0 Å². The monoisotopic (exact) mass is 222 g/mol. The molecule has 3 nitrogen and oxygen atoms in total. The van der Waals surface area contributed by atoms with Crippen LogP contribution in [0.4, 0.5) is 0 Å². The van der Waals surface area contributed by atoms with Crippen LogP contribution in [0.15, 0.2) is 30.3 Å². The van der Waals surface area contributed by atoms with Crippen molar-refractivity contribution in [3.05, 3.63) is 30.3 Å². The van der Waals surface area contributed by atoms with Gasteiger partial charge in [0.2, 0.25) is 0 Å². The van der Waals surface area contributed by atoms with Gasteiger partial charge in [0.05, 0.1) is 6.04 Å². The molecule has 0 bridgehead atoms. The van der Waals surface area contributed by atoms with Crippen molar-refractivity contribution in [2.75, 3.05) is 6.61 Å². The number of para-hydroxylation sites is 1. The molecule has 3 N–H and O–H groups in total. The summed E-state index contributed by atoms with van der Waals surface area (Å²) in [5.74, 6) is 7.07. The van der Waals surface area contributed by atoms with E-state index in [1.165, 1.54) is 6.42 Å². The molecule has 0 fully saturated rings. The summed E-state index contributed by atoms with van der Waals surface area (Å²) in [6.45, 7) is 5.04. The first-order valence-electron chi connectivity index (χ1n) is 5.90. The number of hydrazine groups is 1. The maximum Gasteiger partial charge on any atom is 0.119 e. The molecule has 0 radical (unpaired) electrons. The molecule has 90 valence electrons. The Hall–Kier alpha value is -1.06. The minimum absolute atomic E-state index is 0.218. The van der Waals surface area contributed by atoms with Crippen molar-refractivity contribution in [2.45, 2.75) is 32.7 Å². The third kappa shape index (κ3) is 4.64. The molecule has 0 aromatic heterocycles. The van der Waals surface area contributed by atoms with Crippen LogP contribution in [0.1, 0.15) is 26.7 Å². The van der Waals surface area contributed by atoms with Gasteiger partial charge >= 0.3 is 0 Å². The van der Waals surface area contributed by atoms with E-state index in [0.29, 0.717) is 12.5 Å². The average Bonchev–Trinajstić information content (AvgIpc) is 2.35. The number of nitrogens with one attached hydrogen (secondary N) is 1. The molecular formula is C13H22N2O. The first kappa shape index (κ1) is 13.0. The minimum atomic E-state index is 0.218. The molecule has 0 heterocycles. The predicted octanol–water partition coefficient (Wildman–Crippen LogP) is 2.33. The SMILES string of the molecule is CCC(C)CC(COc1ccccc1)NN. The molecule has 2 atom stereocenters. The Kier molecular flexibility index (Phi) is 5.90. The van der Waals surface area contributed by atoms with E-state index in [9.17, 15) is 0 Å². The van der Waals surface area contributed by atoms with E-state index in [1.54, 1.807) is 0 Å². The highest BCUT2D eigenvalue weighted by Gasteiger charge is 2.11. The van der Waals surface area contributed by atoms with Gasteiger partial charge in [0.1, 0.15) is 12.4 Å². The first-order valence-corrected chi connectivity index (χ1v) is 5.90. The summed E-state index contributed by atoms with van der Waals surface area (Å²) in [6, 6.07) is 10.0. The van der Waals surface area contributed by atoms with Crippen LogP contribution in [0.2, 0.25) is 0 Å². The first-order chi connectivity index (χ1) is 7.76. The zero-order chi connectivity index (χ0) is 11.8. The second-order valence-electron chi connectivity index (χ2n) is 4.24. The van der Waals surface area contributed by atoms with Gasteiger partial charge in [-0.3, -0.25) is 11.3 Å². The van der Waals surface area contributed by atoms with Gasteiger partial charge in [0, 0.05) is 0 Å². The van der Waals surface area contributed by atoms with E-state index in [1.807, 2.05) is 30.3 Å². The van der Waals surface area contributed by atoms with Gasteiger partial charge in [-0.15, -0.1) is 0 Å². The van der Waals surface area contributed by atoms with Crippen molar-refractivity contribution in [3.8, 4) is 5.75 Å². The number of benzene rings is 1. The van der Waals surface area contributed by atoms with E-state index < -0.39 is 0 Å². The van der Waals surface area contributed by atoms with Crippen molar-refractivity contribution >= 4 is 0 Å². The molecule has 16 heavy (non-hydrogen) atoms.